The molecule has 0 atom stereocenters. The molecule has 0 aliphatic rings. The Labute approximate surface area is 203 Å². The van der Waals surface area contributed by atoms with E-state index in [-0.39, 0.29) is 0 Å². The molecule has 1 heterocycles. The van der Waals surface area contributed by atoms with Crippen molar-refractivity contribution >= 4 is 33.6 Å². The lowest BCUT2D eigenvalue weighted by Crippen LogP contribution is -2.09. The van der Waals surface area contributed by atoms with E-state index >= 15 is 0 Å². The van der Waals surface area contributed by atoms with Gasteiger partial charge in [0.2, 0.25) is 0 Å². The molecule has 0 aliphatic heterocycles. The maximum atomic E-state index is 5.13. The van der Waals surface area contributed by atoms with E-state index in [0.717, 1.165) is 34.2 Å². The van der Waals surface area contributed by atoms with Crippen molar-refractivity contribution in [2.75, 3.05) is 0 Å². The van der Waals surface area contributed by atoms with Gasteiger partial charge in [0.15, 0.2) is 0 Å². The van der Waals surface area contributed by atoms with E-state index in [0.29, 0.717) is 0 Å². The Morgan fingerprint density at radius 2 is 0.912 bits per heavy atom. The first kappa shape index (κ1) is 23.7. The summed E-state index contributed by atoms with van der Waals surface area (Å²) >= 11 is 0. The first-order valence-electron chi connectivity index (χ1n) is 11.9. The molecule has 0 unspecified atom stereocenters. The second-order valence-corrected chi connectivity index (χ2v) is 9.69. The standard InChI is InChI=1S/C31H35N3/c1-18-14-20(3)28(21(4)15-18)32-24(7)30-26-12-10-11-13-27(26)31(34(30)9)25(8)33-29-22(5)16-19(2)17-23(29)6/h10-17H,1-9H3. The van der Waals surface area contributed by atoms with E-state index in [1.807, 2.05) is 0 Å². The molecule has 174 valence electrons. The Balaban J connectivity index is 1.92. The average Bonchev–Trinajstić information content (AvgIpc) is 3.04. The van der Waals surface area contributed by atoms with Crippen molar-refractivity contribution in [1.29, 1.82) is 0 Å². The molecule has 0 saturated heterocycles. The van der Waals surface area contributed by atoms with E-state index in [2.05, 4.69) is 116 Å². The first-order valence-corrected chi connectivity index (χ1v) is 11.9. The van der Waals surface area contributed by atoms with Crippen LogP contribution in [0.3, 0.4) is 0 Å². The van der Waals surface area contributed by atoms with Gasteiger partial charge in [-0.15, -0.1) is 0 Å². The molecule has 0 saturated carbocycles. The van der Waals surface area contributed by atoms with Gasteiger partial charge in [-0.05, 0) is 77.6 Å². The summed E-state index contributed by atoms with van der Waals surface area (Å²) < 4.78 is 2.26. The predicted molar refractivity (Wildman–Crippen MR) is 148 cm³/mol. The van der Waals surface area contributed by atoms with Crippen molar-refractivity contribution in [3.8, 4) is 0 Å². The van der Waals surface area contributed by atoms with Crippen LogP contribution < -0.4 is 0 Å². The van der Waals surface area contributed by atoms with Crippen molar-refractivity contribution in [3.05, 3.63) is 93.3 Å². The number of aliphatic imine (C=N–C) groups is 2. The van der Waals surface area contributed by atoms with Gasteiger partial charge in [0, 0.05) is 17.8 Å². The lowest BCUT2D eigenvalue weighted by Gasteiger charge is -2.12. The number of hydrogen-bond donors (Lipinski definition) is 0. The molecule has 34 heavy (non-hydrogen) atoms. The molecule has 3 heteroatoms. The van der Waals surface area contributed by atoms with Crippen molar-refractivity contribution < 1.29 is 0 Å². The second-order valence-electron chi connectivity index (χ2n) is 9.69. The van der Waals surface area contributed by atoms with Crippen molar-refractivity contribution in [1.82, 2.24) is 4.57 Å². The quantitative estimate of drug-likeness (QED) is 0.280. The van der Waals surface area contributed by atoms with Gasteiger partial charge in [0.1, 0.15) is 0 Å². The van der Waals surface area contributed by atoms with Gasteiger partial charge in [0.25, 0.3) is 0 Å². The Bertz CT molecular complexity index is 1320. The second kappa shape index (κ2) is 9.06. The topological polar surface area (TPSA) is 29.6 Å². The highest BCUT2D eigenvalue weighted by Crippen LogP contribution is 2.32. The van der Waals surface area contributed by atoms with Crippen LogP contribution in [0.15, 0.2) is 58.5 Å². The van der Waals surface area contributed by atoms with E-state index < -0.39 is 0 Å². The average molecular weight is 450 g/mol. The minimum absolute atomic E-state index is 1.01. The molecule has 0 radical (unpaired) electrons. The number of benzene rings is 3. The van der Waals surface area contributed by atoms with Gasteiger partial charge in [-0.1, -0.05) is 59.7 Å². The van der Waals surface area contributed by atoms with Crippen molar-refractivity contribution in [3.63, 3.8) is 0 Å². The van der Waals surface area contributed by atoms with Gasteiger partial charge in [0.05, 0.1) is 34.2 Å². The predicted octanol–water partition coefficient (Wildman–Crippen LogP) is 8.31. The van der Waals surface area contributed by atoms with Crippen LogP contribution >= 0.6 is 0 Å². The summed E-state index contributed by atoms with van der Waals surface area (Å²) in [5, 5.41) is 2.41. The molecule has 0 spiro atoms. The van der Waals surface area contributed by atoms with Gasteiger partial charge in [-0.25, -0.2) is 0 Å². The van der Waals surface area contributed by atoms with Gasteiger partial charge >= 0.3 is 0 Å². The molecule has 0 bridgehead atoms. The highest BCUT2D eigenvalue weighted by molar-refractivity contribution is 6.17. The van der Waals surface area contributed by atoms with Crippen LogP contribution in [0, 0.1) is 41.5 Å². The van der Waals surface area contributed by atoms with Crippen molar-refractivity contribution in [2.24, 2.45) is 17.0 Å². The largest absolute Gasteiger partial charge is 0.341 e. The molecule has 0 aliphatic carbocycles. The van der Waals surface area contributed by atoms with E-state index in [9.17, 15) is 0 Å². The SMILES string of the molecule is CC(=Nc1c(C)cc(C)cc1C)c1c2ccccc2c(C(C)=Nc2c(C)cc(C)cc2C)n1C. The molecule has 0 N–H and O–H groups in total. The molecule has 0 amide bonds. The molecule has 0 fully saturated rings. The molecule has 4 rings (SSSR count). The van der Waals surface area contributed by atoms with Crippen LogP contribution in [0.4, 0.5) is 11.4 Å². The molecule has 3 aromatic carbocycles. The van der Waals surface area contributed by atoms with Crippen molar-refractivity contribution in [2.45, 2.75) is 55.4 Å². The van der Waals surface area contributed by atoms with Crippen LogP contribution in [0.2, 0.25) is 0 Å². The number of nitrogens with zero attached hydrogens (tertiary/aromatic N) is 3. The highest BCUT2D eigenvalue weighted by Gasteiger charge is 2.19. The molecule has 3 nitrogen and oxygen atoms in total. The fourth-order valence-electron chi connectivity index (χ4n) is 5.38. The molecule has 1 aromatic heterocycles. The lowest BCUT2D eigenvalue weighted by molar-refractivity contribution is 0.906. The normalized spacial score (nSPS) is 12.6. The Hall–Kier alpha value is -3.46. The maximum Gasteiger partial charge on any atom is 0.0705 e. The maximum absolute atomic E-state index is 5.13. The zero-order valence-electron chi connectivity index (χ0n) is 22.0. The monoisotopic (exact) mass is 449 g/mol. The van der Waals surface area contributed by atoms with Gasteiger partial charge < -0.3 is 4.57 Å². The van der Waals surface area contributed by atoms with E-state index in [1.54, 1.807) is 0 Å². The van der Waals surface area contributed by atoms with Gasteiger partial charge in [-0.2, -0.15) is 0 Å². The number of rotatable bonds is 4. The summed E-state index contributed by atoms with van der Waals surface area (Å²) in [6, 6.07) is 17.4. The Morgan fingerprint density at radius 1 is 0.588 bits per heavy atom. The fraction of sp³-hybridized carbons (Fsp3) is 0.290. The summed E-state index contributed by atoms with van der Waals surface area (Å²) in [5.74, 6) is 0. The molecule has 4 aromatic rings. The highest BCUT2D eigenvalue weighted by atomic mass is 15.0. The third-order valence-corrected chi connectivity index (χ3v) is 6.62. The first-order chi connectivity index (χ1) is 16.1. The van der Waals surface area contributed by atoms with Crippen LogP contribution in [-0.2, 0) is 7.05 Å². The molecular weight excluding hydrogens is 414 g/mol. The minimum Gasteiger partial charge on any atom is -0.341 e. The van der Waals surface area contributed by atoms with Gasteiger partial charge in [-0.3, -0.25) is 9.98 Å². The zero-order valence-corrected chi connectivity index (χ0v) is 22.0. The third-order valence-electron chi connectivity index (χ3n) is 6.62. The van der Waals surface area contributed by atoms with Crippen LogP contribution in [0.25, 0.3) is 10.8 Å². The minimum atomic E-state index is 1.01. The van der Waals surface area contributed by atoms with Crippen LogP contribution in [0.5, 0.6) is 0 Å². The number of aryl methyl sites for hydroxylation is 6. The third kappa shape index (κ3) is 4.23. The van der Waals surface area contributed by atoms with E-state index in [1.165, 1.54) is 44.2 Å². The lowest BCUT2D eigenvalue weighted by atomic mass is 10.0. The number of hydrogen-bond acceptors (Lipinski definition) is 2. The number of fused-ring (bicyclic) bond motifs is 1. The molecular formula is C31H35N3. The fourth-order valence-corrected chi connectivity index (χ4v) is 5.38. The Morgan fingerprint density at radius 3 is 1.24 bits per heavy atom. The summed E-state index contributed by atoms with van der Waals surface area (Å²) in [7, 11) is 2.13. The summed E-state index contributed by atoms with van der Waals surface area (Å²) in [6.45, 7) is 17.1. The smallest absolute Gasteiger partial charge is 0.0705 e. The number of aromatic nitrogens is 1. The Kier molecular flexibility index (Phi) is 6.31. The summed E-state index contributed by atoms with van der Waals surface area (Å²) in [6.07, 6.45) is 0. The van der Waals surface area contributed by atoms with Crippen LogP contribution in [-0.4, -0.2) is 16.0 Å². The van der Waals surface area contributed by atoms with E-state index in [4.69, 9.17) is 9.98 Å². The summed E-state index contributed by atoms with van der Waals surface area (Å²) in [4.78, 5) is 10.3. The van der Waals surface area contributed by atoms with Crippen LogP contribution in [0.1, 0.15) is 58.6 Å². The summed E-state index contributed by atoms with van der Waals surface area (Å²) in [5.41, 5.74) is 13.8. The zero-order chi connectivity index (χ0) is 24.7.